The van der Waals surface area contributed by atoms with Crippen LogP contribution in [0.3, 0.4) is 0 Å². The van der Waals surface area contributed by atoms with Gasteiger partial charge in [-0.15, -0.1) is 0 Å². The SMILES string of the molecule is Cc1cccc(NC(=O)Nc2ccc(F)c(F)c2)c1. The third kappa shape index (κ3) is 3.51. The van der Waals surface area contributed by atoms with Crippen LogP contribution in [0, 0.1) is 18.6 Å². The number of hydrogen-bond donors (Lipinski definition) is 2. The summed E-state index contributed by atoms with van der Waals surface area (Å²) in [6, 6.07) is 9.89. The van der Waals surface area contributed by atoms with Gasteiger partial charge in [0.25, 0.3) is 0 Å². The Balaban J connectivity index is 2.03. The lowest BCUT2D eigenvalue weighted by atomic mass is 10.2. The van der Waals surface area contributed by atoms with Gasteiger partial charge in [-0.3, -0.25) is 0 Å². The van der Waals surface area contributed by atoms with Crippen LogP contribution in [0.4, 0.5) is 25.0 Å². The summed E-state index contributed by atoms with van der Waals surface area (Å²) < 4.78 is 25.7. The molecule has 0 atom stereocenters. The summed E-state index contributed by atoms with van der Waals surface area (Å²) in [5.74, 6) is -1.96. The molecule has 2 rings (SSSR count). The number of anilines is 2. The lowest BCUT2D eigenvalue weighted by Gasteiger charge is -2.08. The van der Waals surface area contributed by atoms with Crippen molar-refractivity contribution in [2.24, 2.45) is 0 Å². The zero-order valence-electron chi connectivity index (χ0n) is 10.2. The van der Waals surface area contributed by atoms with Gasteiger partial charge in [0.05, 0.1) is 0 Å². The van der Waals surface area contributed by atoms with E-state index < -0.39 is 17.7 Å². The van der Waals surface area contributed by atoms with E-state index in [-0.39, 0.29) is 5.69 Å². The van der Waals surface area contributed by atoms with E-state index in [0.29, 0.717) is 5.69 Å². The van der Waals surface area contributed by atoms with Gasteiger partial charge in [-0.05, 0) is 36.8 Å². The molecule has 3 nitrogen and oxygen atoms in total. The molecule has 2 aromatic carbocycles. The van der Waals surface area contributed by atoms with E-state index in [2.05, 4.69) is 10.6 Å². The molecule has 0 aliphatic rings. The fourth-order valence-corrected chi connectivity index (χ4v) is 1.59. The molecule has 2 N–H and O–H groups in total. The van der Waals surface area contributed by atoms with E-state index in [1.807, 2.05) is 19.1 Å². The molecule has 19 heavy (non-hydrogen) atoms. The van der Waals surface area contributed by atoms with Gasteiger partial charge in [-0.1, -0.05) is 12.1 Å². The maximum Gasteiger partial charge on any atom is 0.323 e. The minimum Gasteiger partial charge on any atom is -0.308 e. The summed E-state index contributed by atoms with van der Waals surface area (Å²) >= 11 is 0. The van der Waals surface area contributed by atoms with Gasteiger partial charge in [0.15, 0.2) is 11.6 Å². The normalized spacial score (nSPS) is 10.1. The van der Waals surface area contributed by atoms with Crippen LogP contribution in [-0.2, 0) is 0 Å². The van der Waals surface area contributed by atoms with Crippen molar-refractivity contribution in [2.75, 3.05) is 10.6 Å². The number of rotatable bonds is 2. The van der Waals surface area contributed by atoms with E-state index in [1.54, 1.807) is 12.1 Å². The number of urea groups is 1. The van der Waals surface area contributed by atoms with Gasteiger partial charge in [-0.25, -0.2) is 13.6 Å². The Bertz CT molecular complexity index is 614. The first-order valence-corrected chi connectivity index (χ1v) is 5.64. The van der Waals surface area contributed by atoms with Gasteiger partial charge >= 0.3 is 6.03 Å². The fraction of sp³-hybridized carbons (Fsp3) is 0.0714. The molecule has 0 saturated heterocycles. The number of nitrogens with one attached hydrogen (secondary N) is 2. The average molecular weight is 262 g/mol. The zero-order chi connectivity index (χ0) is 13.8. The Hall–Kier alpha value is -2.43. The predicted molar refractivity (Wildman–Crippen MR) is 70.2 cm³/mol. The smallest absolute Gasteiger partial charge is 0.308 e. The van der Waals surface area contributed by atoms with Crippen LogP contribution in [0.1, 0.15) is 5.56 Å². The highest BCUT2D eigenvalue weighted by Gasteiger charge is 2.06. The van der Waals surface area contributed by atoms with Crippen molar-refractivity contribution in [3.8, 4) is 0 Å². The van der Waals surface area contributed by atoms with Crippen LogP contribution < -0.4 is 10.6 Å². The summed E-state index contributed by atoms with van der Waals surface area (Å²) in [6.07, 6.45) is 0. The number of benzene rings is 2. The number of halogens is 2. The highest BCUT2D eigenvalue weighted by atomic mass is 19.2. The fourth-order valence-electron chi connectivity index (χ4n) is 1.59. The van der Waals surface area contributed by atoms with Gasteiger partial charge in [-0.2, -0.15) is 0 Å². The molecule has 0 spiro atoms. The second-order valence-electron chi connectivity index (χ2n) is 4.08. The van der Waals surface area contributed by atoms with Gasteiger partial charge in [0.2, 0.25) is 0 Å². The van der Waals surface area contributed by atoms with Crippen molar-refractivity contribution in [2.45, 2.75) is 6.92 Å². The summed E-state index contributed by atoms with van der Waals surface area (Å²) in [5.41, 5.74) is 1.81. The molecule has 98 valence electrons. The second kappa shape index (κ2) is 5.48. The van der Waals surface area contributed by atoms with E-state index in [1.165, 1.54) is 6.07 Å². The van der Waals surface area contributed by atoms with Crippen molar-refractivity contribution >= 4 is 17.4 Å². The third-order valence-corrected chi connectivity index (χ3v) is 2.45. The first-order valence-electron chi connectivity index (χ1n) is 5.64. The van der Waals surface area contributed by atoms with E-state index in [4.69, 9.17) is 0 Å². The maximum atomic E-state index is 13.0. The number of carbonyl (C=O) groups is 1. The highest BCUT2D eigenvalue weighted by molar-refractivity contribution is 5.99. The Kier molecular flexibility index (Phi) is 3.75. The lowest BCUT2D eigenvalue weighted by molar-refractivity contribution is 0.262. The van der Waals surface area contributed by atoms with Crippen LogP contribution in [0.15, 0.2) is 42.5 Å². The number of hydrogen-bond acceptors (Lipinski definition) is 1. The number of amides is 2. The molecule has 0 fully saturated rings. The largest absolute Gasteiger partial charge is 0.323 e. The quantitative estimate of drug-likeness (QED) is 0.846. The average Bonchev–Trinajstić information content (AvgIpc) is 2.34. The standard InChI is InChI=1S/C14H12F2N2O/c1-9-3-2-4-10(7-9)17-14(19)18-11-5-6-12(15)13(16)8-11/h2-8H,1H3,(H2,17,18,19). The maximum absolute atomic E-state index is 13.0. The first-order chi connectivity index (χ1) is 9.04. The molecular weight excluding hydrogens is 250 g/mol. The Morgan fingerprint density at radius 1 is 0.947 bits per heavy atom. The van der Waals surface area contributed by atoms with Crippen LogP contribution in [-0.4, -0.2) is 6.03 Å². The number of carbonyl (C=O) groups excluding carboxylic acids is 1. The van der Waals surface area contributed by atoms with Gasteiger partial charge in [0, 0.05) is 17.4 Å². The molecule has 0 saturated carbocycles. The van der Waals surface area contributed by atoms with Crippen molar-refractivity contribution < 1.29 is 13.6 Å². The van der Waals surface area contributed by atoms with Crippen molar-refractivity contribution in [1.29, 1.82) is 0 Å². The summed E-state index contributed by atoms with van der Waals surface area (Å²) in [7, 11) is 0. The zero-order valence-corrected chi connectivity index (χ0v) is 10.2. The van der Waals surface area contributed by atoms with Gasteiger partial charge < -0.3 is 10.6 Å². The van der Waals surface area contributed by atoms with Crippen molar-refractivity contribution in [3.63, 3.8) is 0 Å². The summed E-state index contributed by atoms with van der Waals surface area (Å²) in [4.78, 5) is 11.7. The molecule has 2 aromatic rings. The summed E-state index contributed by atoms with van der Waals surface area (Å²) in [5, 5.41) is 5.02. The van der Waals surface area contributed by atoms with Gasteiger partial charge in [0.1, 0.15) is 0 Å². The summed E-state index contributed by atoms with van der Waals surface area (Å²) in [6.45, 7) is 1.90. The number of aryl methyl sites for hydroxylation is 1. The van der Waals surface area contributed by atoms with E-state index in [0.717, 1.165) is 17.7 Å². The molecule has 0 aliphatic carbocycles. The second-order valence-corrected chi connectivity index (χ2v) is 4.08. The van der Waals surface area contributed by atoms with E-state index in [9.17, 15) is 13.6 Å². The monoisotopic (exact) mass is 262 g/mol. The Morgan fingerprint density at radius 3 is 2.26 bits per heavy atom. The minimum absolute atomic E-state index is 0.184. The molecule has 0 aliphatic heterocycles. The Labute approximate surface area is 109 Å². The molecule has 5 heteroatoms. The molecular formula is C14H12F2N2O. The molecule has 0 bridgehead atoms. The first kappa shape index (κ1) is 13.0. The molecule has 0 unspecified atom stereocenters. The van der Waals surface area contributed by atoms with Crippen LogP contribution >= 0.6 is 0 Å². The van der Waals surface area contributed by atoms with Crippen molar-refractivity contribution in [3.05, 3.63) is 59.7 Å². The molecule has 0 radical (unpaired) electrons. The van der Waals surface area contributed by atoms with Crippen LogP contribution in [0.25, 0.3) is 0 Å². The van der Waals surface area contributed by atoms with Crippen LogP contribution in [0.5, 0.6) is 0 Å². The molecule has 0 heterocycles. The topological polar surface area (TPSA) is 41.1 Å². The third-order valence-electron chi connectivity index (χ3n) is 2.45. The lowest BCUT2D eigenvalue weighted by Crippen LogP contribution is -2.19. The minimum atomic E-state index is -1.01. The van der Waals surface area contributed by atoms with Crippen molar-refractivity contribution in [1.82, 2.24) is 0 Å². The highest BCUT2D eigenvalue weighted by Crippen LogP contribution is 2.14. The van der Waals surface area contributed by atoms with Crippen LogP contribution in [0.2, 0.25) is 0 Å². The molecule has 2 amide bonds. The predicted octanol–water partition coefficient (Wildman–Crippen LogP) is 3.92. The van der Waals surface area contributed by atoms with E-state index >= 15 is 0 Å². The Morgan fingerprint density at radius 2 is 1.63 bits per heavy atom. The molecule has 0 aromatic heterocycles.